The molecule has 5 aromatic rings. The van der Waals surface area contributed by atoms with Gasteiger partial charge in [-0.3, -0.25) is 9.59 Å². The van der Waals surface area contributed by atoms with E-state index in [1.165, 1.54) is 11.3 Å². The first-order chi connectivity index (χ1) is 15.2. The molecule has 0 aliphatic heterocycles. The summed E-state index contributed by atoms with van der Waals surface area (Å²) in [5.41, 5.74) is 2.65. The molecule has 0 spiro atoms. The molecule has 2 aromatic heterocycles. The number of ketones is 1. The number of benzene rings is 3. The van der Waals surface area contributed by atoms with Crippen molar-refractivity contribution >= 4 is 39.6 Å². The van der Waals surface area contributed by atoms with Crippen molar-refractivity contribution in [3.05, 3.63) is 119 Å². The number of fused-ring (bicyclic) bond motifs is 1. The number of carbonyl (C=O) groups is 2. The Labute approximate surface area is 183 Å². The lowest BCUT2D eigenvalue weighted by Crippen LogP contribution is -2.14. The van der Waals surface area contributed by atoms with Crippen LogP contribution in [-0.2, 0) is 0 Å². The SMILES string of the molecule is O=C(Nc1ccccc1C(=O)c1ccccc1)c1ccc(-n2ccc3ccccc32)s1. The van der Waals surface area contributed by atoms with Crippen molar-refractivity contribution in [2.24, 2.45) is 0 Å². The Hall–Kier alpha value is -3.96. The number of hydrogen-bond donors (Lipinski definition) is 1. The lowest BCUT2D eigenvalue weighted by molar-refractivity contribution is 0.103. The van der Waals surface area contributed by atoms with E-state index < -0.39 is 0 Å². The van der Waals surface area contributed by atoms with Crippen LogP contribution in [0.1, 0.15) is 25.6 Å². The van der Waals surface area contributed by atoms with E-state index in [4.69, 9.17) is 0 Å². The maximum atomic E-state index is 13.0. The molecular formula is C26H18N2O2S. The fourth-order valence-corrected chi connectivity index (χ4v) is 4.47. The zero-order chi connectivity index (χ0) is 21.2. The van der Waals surface area contributed by atoms with E-state index in [9.17, 15) is 9.59 Å². The van der Waals surface area contributed by atoms with Crippen molar-refractivity contribution in [3.8, 4) is 5.00 Å². The van der Waals surface area contributed by atoms with E-state index in [0.717, 1.165) is 15.9 Å². The van der Waals surface area contributed by atoms with E-state index in [1.807, 2.05) is 54.7 Å². The van der Waals surface area contributed by atoms with Gasteiger partial charge in [-0.15, -0.1) is 11.3 Å². The van der Waals surface area contributed by atoms with Crippen molar-refractivity contribution < 1.29 is 9.59 Å². The molecule has 2 heterocycles. The third-order valence-electron chi connectivity index (χ3n) is 5.11. The van der Waals surface area contributed by atoms with Crippen molar-refractivity contribution in [1.82, 2.24) is 4.57 Å². The Kier molecular flexibility index (Phi) is 4.94. The highest BCUT2D eigenvalue weighted by atomic mass is 32.1. The van der Waals surface area contributed by atoms with Crippen LogP contribution in [0.4, 0.5) is 5.69 Å². The van der Waals surface area contributed by atoms with Gasteiger partial charge in [0.05, 0.1) is 16.1 Å². The number of anilines is 1. The van der Waals surface area contributed by atoms with Gasteiger partial charge in [0, 0.05) is 17.3 Å². The van der Waals surface area contributed by atoms with Crippen molar-refractivity contribution in [2.75, 3.05) is 5.32 Å². The standard InChI is InChI=1S/C26H18N2O2S/c29-25(19-9-2-1-3-10-19)20-11-5-6-12-21(20)27-26(30)23-14-15-24(31-23)28-17-16-18-8-4-7-13-22(18)28/h1-17H,(H,27,30). The Morgan fingerprint density at radius 1 is 0.742 bits per heavy atom. The van der Waals surface area contributed by atoms with E-state index in [1.54, 1.807) is 30.3 Å². The zero-order valence-electron chi connectivity index (χ0n) is 16.5. The van der Waals surface area contributed by atoms with Crippen LogP contribution in [0.25, 0.3) is 15.9 Å². The van der Waals surface area contributed by atoms with Gasteiger partial charge in [-0.25, -0.2) is 0 Å². The molecular weight excluding hydrogens is 404 g/mol. The molecule has 0 aliphatic carbocycles. The molecule has 0 radical (unpaired) electrons. The molecule has 0 saturated heterocycles. The summed E-state index contributed by atoms with van der Waals surface area (Å²) in [6.45, 7) is 0. The molecule has 0 fully saturated rings. The lowest BCUT2D eigenvalue weighted by atomic mass is 10.0. The Balaban J connectivity index is 1.41. The lowest BCUT2D eigenvalue weighted by Gasteiger charge is -2.10. The Morgan fingerprint density at radius 3 is 2.35 bits per heavy atom. The molecule has 0 bridgehead atoms. The van der Waals surface area contributed by atoms with Gasteiger partial charge < -0.3 is 9.88 Å². The van der Waals surface area contributed by atoms with Gasteiger partial charge in [-0.2, -0.15) is 0 Å². The van der Waals surface area contributed by atoms with Gasteiger partial charge in [-0.05, 0) is 41.8 Å². The zero-order valence-corrected chi connectivity index (χ0v) is 17.3. The predicted octanol–water partition coefficient (Wildman–Crippen LogP) is 6.18. The van der Waals surface area contributed by atoms with Crippen LogP contribution in [0.2, 0.25) is 0 Å². The fourth-order valence-electron chi connectivity index (χ4n) is 3.57. The number of para-hydroxylation sites is 2. The van der Waals surface area contributed by atoms with Crippen molar-refractivity contribution in [1.29, 1.82) is 0 Å². The topological polar surface area (TPSA) is 51.1 Å². The number of aromatic nitrogens is 1. The number of carbonyl (C=O) groups excluding carboxylic acids is 2. The van der Waals surface area contributed by atoms with Crippen LogP contribution in [0.3, 0.4) is 0 Å². The third-order valence-corrected chi connectivity index (χ3v) is 6.19. The molecule has 4 nitrogen and oxygen atoms in total. The van der Waals surface area contributed by atoms with Gasteiger partial charge in [0.2, 0.25) is 0 Å². The van der Waals surface area contributed by atoms with Crippen molar-refractivity contribution in [3.63, 3.8) is 0 Å². The fraction of sp³-hybridized carbons (Fsp3) is 0. The van der Waals surface area contributed by atoms with Gasteiger partial charge in [0.25, 0.3) is 5.91 Å². The first-order valence-corrected chi connectivity index (χ1v) is 10.7. The van der Waals surface area contributed by atoms with Gasteiger partial charge in [-0.1, -0.05) is 60.7 Å². The number of hydrogen-bond acceptors (Lipinski definition) is 3. The quantitative estimate of drug-likeness (QED) is 0.344. The highest BCUT2D eigenvalue weighted by Gasteiger charge is 2.17. The van der Waals surface area contributed by atoms with Crippen LogP contribution in [-0.4, -0.2) is 16.3 Å². The normalized spacial score (nSPS) is 10.8. The van der Waals surface area contributed by atoms with Crippen LogP contribution >= 0.6 is 11.3 Å². The van der Waals surface area contributed by atoms with E-state index in [-0.39, 0.29) is 11.7 Å². The summed E-state index contributed by atoms with van der Waals surface area (Å²) in [4.78, 5) is 26.4. The maximum Gasteiger partial charge on any atom is 0.265 e. The maximum absolute atomic E-state index is 13.0. The smallest absolute Gasteiger partial charge is 0.265 e. The molecule has 1 N–H and O–H groups in total. The Morgan fingerprint density at radius 2 is 1.48 bits per heavy atom. The van der Waals surface area contributed by atoms with Crippen LogP contribution in [0, 0.1) is 0 Å². The number of rotatable bonds is 5. The largest absolute Gasteiger partial charge is 0.321 e. The van der Waals surface area contributed by atoms with E-state index >= 15 is 0 Å². The number of nitrogens with zero attached hydrogens (tertiary/aromatic N) is 1. The molecule has 150 valence electrons. The summed E-state index contributed by atoms with van der Waals surface area (Å²) in [5, 5.41) is 5.02. The molecule has 31 heavy (non-hydrogen) atoms. The van der Waals surface area contributed by atoms with Crippen LogP contribution in [0.5, 0.6) is 0 Å². The van der Waals surface area contributed by atoms with E-state index in [0.29, 0.717) is 21.7 Å². The first-order valence-electron chi connectivity index (χ1n) is 9.87. The second-order valence-electron chi connectivity index (χ2n) is 7.08. The molecule has 1 amide bonds. The summed E-state index contributed by atoms with van der Waals surface area (Å²) in [5.74, 6) is -0.358. The second kappa shape index (κ2) is 8.05. The molecule has 0 unspecified atom stereocenters. The number of nitrogens with one attached hydrogen (secondary N) is 1. The van der Waals surface area contributed by atoms with Crippen LogP contribution < -0.4 is 5.32 Å². The molecule has 3 aromatic carbocycles. The van der Waals surface area contributed by atoms with Crippen molar-refractivity contribution in [2.45, 2.75) is 0 Å². The number of thiophene rings is 1. The minimum absolute atomic E-state index is 0.123. The molecule has 5 heteroatoms. The monoisotopic (exact) mass is 422 g/mol. The predicted molar refractivity (Wildman–Crippen MR) is 125 cm³/mol. The van der Waals surface area contributed by atoms with Gasteiger partial charge >= 0.3 is 0 Å². The second-order valence-corrected chi connectivity index (χ2v) is 8.14. The highest BCUT2D eigenvalue weighted by Crippen LogP contribution is 2.27. The summed E-state index contributed by atoms with van der Waals surface area (Å²) in [7, 11) is 0. The van der Waals surface area contributed by atoms with Crippen LogP contribution in [0.15, 0.2) is 103 Å². The molecule has 0 saturated carbocycles. The average molecular weight is 423 g/mol. The third kappa shape index (κ3) is 3.67. The molecule has 0 aliphatic rings. The Bertz CT molecular complexity index is 1400. The molecule has 0 atom stereocenters. The minimum atomic E-state index is -0.235. The minimum Gasteiger partial charge on any atom is -0.321 e. The summed E-state index contributed by atoms with van der Waals surface area (Å²) >= 11 is 1.41. The summed E-state index contributed by atoms with van der Waals surface area (Å²) < 4.78 is 2.07. The highest BCUT2D eigenvalue weighted by molar-refractivity contribution is 7.16. The van der Waals surface area contributed by atoms with E-state index in [2.05, 4.69) is 28.1 Å². The summed E-state index contributed by atoms with van der Waals surface area (Å²) in [6.07, 6.45) is 2.01. The average Bonchev–Trinajstić information content (AvgIpc) is 3.47. The number of amides is 1. The van der Waals surface area contributed by atoms with Gasteiger partial charge in [0.15, 0.2) is 5.78 Å². The first kappa shape index (κ1) is 19.0. The molecule has 5 rings (SSSR count). The summed E-state index contributed by atoms with van der Waals surface area (Å²) in [6, 6.07) is 30.1. The van der Waals surface area contributed by atoms with Gasteiger partial charge in [0.1, 0.15) is 5.00 Å².